The summed E-state index contributed by atoms with van der Waals surface area (Å²) in [4.78, 5) is 28.5. The van der Waals surface area contributed by atoms with E-state index in [0.717, 1.165) is 55.3 Å². The number of nitrogens with two attached hydrogens (primary N) is 1. The molecule has 32 heavy (non-hydrogen) atoms. The fourth-order valence-corrected chi connectivity index (χ4v) is 4.75. The van der Waals surface area contributed by atoms with Crippen molar-refractivity contribution in [1.29, 1.82) is 0 Å². The van der Waals surface area contributed by atoms with Gasteiger partial charge >= 0.3 is 0 Å². The highest BCUT2D eigenvalue weighted by Crippen LogP contribution is 2.32. The fraction of sp³-hybridized carbons (Fsp3) is 0.440. The number of allylic oxidation sites excluding steroid dienone is 2. The molecule has 4 rings (SSSR count). The zero-order valence-electron chi connectivity index (χ0n) is 18.4. The van der Waals surface area contributed by atoms with Gasteiger partial charge in [-0.15, -0.1) is 0 Å². The lowest BCUT2D eigenvalue weighted by Gasteiger charge is -2.28. The number of rotatable bonds is 2. The van der Waals surface area contributed by atoms with Gasteiger partial charge in [0.05, 0.1) is 6.10 Å². The number of aromatic nitrogens is 1. The smallest absolute Gasteiger partial charge is 0.253 e. The number of H-pyrrole nitrogens is 1. The van der Waals surface area contributed by atoms with Crippen LogP contribution in [0.15, 0.2) is 35.1 Å². The molecule has 0 spiro atoms. The molecule has 2 aliphatic rings. The molecule has 2 aromatic rings. The Labute approximate surface area is 193 Å². The Kier molecular flexibility index (Phi) is 7.01. The van der Waals surface area contributed by atoms with Crippen molar-refractivity contribution in [3.8, 4) is 5.75 Å². The molecular weight excluding hydrogens is 426 g/mol. The van der Waals surface area contributed by atoms with Crippen LogP contribution in [0.25, 0.3) is 0 Å². The number of aromatic amines is 1. The van der Waals surface area contributed by atoms with E-state index in [1.165, 1.54) is 0 Å². The van der Waals surface area contributed by atoms with Crippen LogP contribution in [0.4, 0.5) is 0 Å². The molecule has 1 aliphatic carbocycles. The second kappa shape index (κ2) is 9.92. The Morgan fingerprint density at radius 1 is 1.06 bits per heavy atom. The third-order valence-corrected chi connectivity index (χ3v) is 6.51. The van der Waals surface area contributed by atoms with E-state index in [-0.39, 0.29) is 30.2 Å². The van der Waals surface area contributed by atoms with E-state index in [4.69, 9.17) is 22.1 Å². The molecule has 0 atom stereocenters. The maximum Gasteiger partial charge on any atom is 0.253 e. The largest absolute Gasteiger partial charge is 0.490 e. The average molecular weight is 456 g/mol. The van der Waals surface area contributed by atoms with Crippen LogP contribution in [0, 0.1) is 6.92 Å². The fourth-order valence-electron chi connectivity index (χ4n) is 4.54. The highest BCUT2D eigenvalue weighted by atomic mass is 35.5. The van der Waals surface area contributed by atoms with Gasteiger partial charge in [-0.05, 0) is 75.6 Å². The molecule has 6 nitrogen and oxygen atoms in total. The first-order valence-electron chi connectivity index (χ1n) is 11.3. The van der Waals surface area contributed by atoms with Gasteiger partial charge in [-0.3, -0.25) is 9.59 Å². The third-order valence-electron chi connectivity index (χ3n) is 6.29. The van der Waals surface area contributed by atoms with Crippen molar-refractivity contribution in [2.24, 2.45) is 5.73 Å². The number of hydrogen-bond acceptors (Lipinski definition) is 4. The molecule has 1 aliphatic heterocycles. The van der Waals surface area contributed by atoms with Crippen LogP contribution in [-0.4, -0.2) is 23.0 Å². The summed E-state index contributed by atoms with van der Waals surface area (Å²) in [5.41, 5.74) is 9.54. The maximum atomic E-state index is 13.2. The van der Waals surface area contributed by atoms with Gasteiger partial charge in [-0.2, -0.15) is 0 Å². The number of nitrogens with one attached hydrogen (secondary N) is 2. The number of carbonyl (C=O) groups excluding carboxylic acids is 1. The highest BCUT2D eigenvalue weighted by Gasteiger charge is 2.23. The summed E-state index contributed by atoms with van der Waals surface area (Å²) in [5, 5.41) is 3.37. The van der Waals surface area contributed by atoms with E-state index in [1.54, 1.807) is 12.1 Å². The Morgan fingerprint density at radius 3 is 2.62 bits per heavy atom. The minimum atomic E-state index is -0.266. The van der Waals surface area contributed by atoms with Gasteiger partial charge in [0.15, 0.2) is 0 Å². The standard InChI is InChI=1S/C25H30ClN3O3/c1-15-11-16-5-3-2-4-6-20-21(24(30)28-14-22(16)25(31)29-15)12-17(26)13-23(20)32-19-9-7-18(27)8-10-19/h2,4,11-13,18-19H,3,5-10,14,27H2,1H3,(H,28,30)(H,29,31)/b4-2-. The third kappa shape index (κ3) is 5.25. The first-order chi connectivity index (χ1) is 15.4. The number of benzene rings is 1. The molecule has 0 saturated heterocycles. The number of carbonyl (C=O) groups is 1. The van der Waals surface area contributed by atoms with E-state index in [9.17, 15) is 9.59 Å². The molecule has 1 aromatic carbocycles. The summed E-state index contributed by atoms with van der Waals surface area (Å²) < 4.78 is 6.34. The average Bonchev–Trinajstić information content (AvgIpc) is 2.74. The van der Waals surface area contributed by atoms with Crippen LogP contribution in [0.3, 0.4) is 0 Å². The second-order valence-electron chi connectivity index (χ2n) is 8.77. The normalized spacial score (nSPS) is 22.5. The molecular formula is C25H30ClN3O3. The van der Waals surface area contributed by atoms with E-state index >= 15 is 0 Å². The minimum Gasteiger partial charge on any atom is -0.490 e. The zero-order chi connectivity index (χ0) is 22.7. The van der Waals surface area contributed by atoms with Gasteiger partial charge in [-0.1, -0.05) is 23.8 Å². The molecule has 4 N–H and O–H groups in total. The summed E-state index contributed by atoms with van der Waals surface area (Å²) >= 11 is 6.38. The van der Waals surface area contributed by atoms with Crippen LogP contribution in [0.5, 0.6) is 5.75 Å². The van der Waals surface area contributed by atoms with E-state index < -0.39 is 0 Å². The number of amides is 1. The van der Waals surface area contributed by atoms with Gasteiger partial charge in [0.2, 0.25) is 0 Å². The van der Waals surface area contributed by atoms with Crippen LogP contribution >= 0.6 is 11.6 Å². The van der Waals surface area contributed by atoms with E-state index in [1.807, 2.05) is 13.0 Å². The van der Waals surface area contributed by atoms with Crippen molar-refractivity contribution < 1.29 is 9.53 Å². The first-order valence-corrected chi connectivity index (χ1v) is 11.7. The van der Waals surface area contributed by atoms with Gasteiger partial charge < -0.3 is 20.8 Å². The summed E-state index contributed by atoms with van der Waals surface area (Å²) in [6.45, 7) is 2.03. The maximum absolute atomic E-state index is 13.2. The van der Waals surface area contributed by atoms with Gasteiger partial charge in [0.1, 0.15) is 5.75 Å². The summed E-state index contributed by atoms with van der Waals surface area (Å²) in [7, 11) is 0. The molecule has 0 radical (unpaired) electrons. The van der Waals surface area contributed by atoms with Gasteiger partial charge in [0.25, 0.3) is 11.5 Å². The number of halogens is 1. The molecule has 1 amide bonds. The molecule has 7 heteroatoms. The monoisotopic (exact) mass is 455 g/mol. The first kappa shape index (κ1) is 22.6. The van der Waals surface area contributed by atoms with Crippen molar-refractivity contribution in [3.63, 3.8) is 0 Å². The number of pyridine rings is 1. The SMILES string of the molecule is Cc1cc2c(c(=O)[nH]1)CNC(=O)c1cc(Cl)cc(OC3CCC(N)CC3)c1C/C=C\CC2. The van der Waals surface area contributed by atoms with Gasteiger partial charge in [0, 0.05) is 40.0 Å². The van der Waals surface area contributed by atoms with Crippen LogP contribution in [0.1, 0.15) is 64.8 Å². The lowest BCUT2D eigenvalue weighted by Crippen LogP contribution is -2.32. The van der Waals surface area contributed by atoms with Crippen LogP contribution in [-0.2, 0) is 19.4 Å². The van der Waals surface area contributed by atoms with Crippen molar-refractivity contribution in [2.75, 3.05) is 0 Å². The molecule has 0 unspecified atom stereocenters. The summed E-state index contributed by atoms with van der Waals surface area (Å²) in [5.74, 6) is 0.386. The predicted octanol–water partition coefficient (Wildman–Crippen LogP) is 3.96. The molecule has 2 heterocycles. The quantitative estimate of drug-likeness (QED) is 0.597. The number of fused-ring (bicyclic) bond motifs is 2. The second-order valence-corrected chi connectivity index (χ2v) is 9.20. The Morgan fingerprint density at radius 2 is 1.84 bits per heavy atom. The molecule has 170 valence electrons. The lowest BCUT2D eigenvalue weighted by atomic mass is 9.93. The molecule has 0 bridgehead atoms. The molecule has 1 aromatic heterocycles. The summed E-state index contributed by atoms with van der Waals surface area (Å²) in [6, 6.07) is 5.69. The Hall–Kier alpha value is -2.57. The highest BCUT2D eigenvalue weighted by molar-refractivity contribution is 6.31. The number of ether oxygens (including phenoxy) is 1. The van der Waals surface area contributed by atoms with Crippen LogP contribution < -0.4 is 21.3 Å². The van der Waals surface area contributed by atoms with Crippen molar-refractivity contribution >= 4 is 17.5 Å². The lowest BCUT2D eigenvalue weighted by molar-refractivity contribution is 0.0948. The van der Waals surface area contributed by atoms with Crippen molar-refractivity contribution in [2.45, 2.75) is 70.6 Å². The topological polar surface area (TPSA) is 97.2 Å². The minimum absolute atomic E-state index is 0.0690. The predicted molar refractivity (Wildman–Crippen MR) is 126 cm³/mol. The summed E-state index contributed by atoms with van der Waals surface area (Å²) in [6.07, 6.45) is 10.00. The molecule has 1 fully saturated rings. The molecule has 1 saturated carbocycles. The van der Waals surface area contributed by atoms with Crippen molar-refractivity contribution in [3.05, 3.63) is 73.7 Å². The van der Waals surface area contributed by atoms with E-state index in [0.29, 0.717) is 28.3 Å². The number of aryl methyl sites for hydroxylation is 2. The van der Waals surface area contributed by atoms with Crippen molar-refractivity contribution in [1.82, 2.24) is 10.3 Å². The number of hydrogen-bond donors (Lipinski definition) is 3. The Balaban J connectivity index is 1.66. The van der Waals surface area contributed by atoms with Crippen LogP contribution in [0.2, 0.25) is 5.02 Å². The Bertz CT molecular complexity index is 1080. The zero-order valence-corrected chi connectivity index (χ0v) is 19.1. The van der Waals surface area contributed by atoms with Gasteiger partial charge in [-0.25, -0.2) is 0 Å². The van der Waals surface area contributed by atoms with E-state index in [2.05, 4.69) is 22.5 Å².